The predicted molar refractivity (Wildman–Crippen MR) is 111 cm³/mol. The highest BCUT2D eigenvalue weighted by molar-refractivity contribution is 6.07. The lowest BCUT2D eigenvalue weighted by Crippen LogP contribution is -2.24. The SMILES string of the molecule is CCOC(=O)C1C=NCCc2c1n(C(=O)c1ccc(OC(F)(F)F)cc1)c1ccccc21. The van der Waals surface area contributed by atoms with E-state index in [4.69, 9.17) is 4.74 Å². The van der Waals surface area contributed by atoms with Gasteiger partial charge in [-0.2, -0.15) is 0 Å². The molecule has 9 heteroatoms. The Morgan fingerprint density at radius 2 is 1.84 bits per heavy atom. The Labute approximate surface area is 181 Å². The van der Waals surface area contributed by atoms with E-state index >= 15 is 0 Å². The molecule has 32 heavy (non-hydrogen) atoms. The molecular weight excluding hydrogens is 425 g/mol. The van der Waals surface area contributed by atoms with Crippen molar-refractivity contribution in [1.29, 1.82) is 0 Å². The van der Waals surface area contributed by atoms with Gasteiger partial charge in [0.05, 0.1) is 12.1 Å². The van der Waals surface area contributed by atoms with E-state index in [-0.39, 0.29) is 12.2 Å². The number of fused-ring (bicyclic) bond motifs is 3. The molecule has 0 fully saturated rings. The van der Waals surface area contributed by atoms with Crippen molar-refractivity contribution in [2.75, 3.05) is 13.2 Å². The molecule has 2 heterocycles. The van der Waals surface area contributed by atoms with Crippen LogP contribution in [0.1, 0.15) is 34.5 Å². The number of carbonyl (C=O) groups excluding carboxylic acids is 2. The second kappa shape index (κ2) is 8.49. The largest absolute Gasteiger partial charge is 0.573 e. The molecule has 0 bridgehead atoms. The Balaban J connectivity index is 1.84. The smallest absolute Gasteiger partial charge is 0.465 e. The maximum atomic E-state index is 13.5. The monoisotopic (exact) mass is 444 g/mol. The van der Waals surface area contributed by atoms with Crippen molar-refractivity contribution in [3.05, 3.63) is 65.4 Å². The number of hydrogen-bond acceptors (Lipinski definition) is 5. The maximum absolute atomic E-state index is 13.5. The van der Waals surface area contributed by atoms with Crippen LogP contribution < -0.4 is 4.74 Å². The summed E-state index contributed by atoms with van der Waals surface area (Å²) >= 11 is 0. The van der Waals surface area contributed by atoms with Gasteiger partial charge in [-0.05, 0) is 49.2 Å². The zero-order valence-electron chi connectivity index (χ0n) is 17.1. The number of rotatable bonds is 4. The number of aromatic nitrogens is 1. The van der Waals surface area contributed by atoms with Crippen LogP contribution in [0.2, 0.25) is 0 Å². The van der Waals surface area contributed by atoms with Gasteiger partial charge in [-0.1, -0.05) is 18.2 Å². The fourth-order valence-electron chi connectivity index (χ4n) is 3.89. The molecule has 3 aromatic rings. The lowest BCUT2D eigenvalue weighted by atomic mass is 10.00. The molecule has 6 nitrogen and oxygen atoms in total. The van der Waals surface area contributed by atoms with E-state index in [1.165, 1.54) is 22.9 Å². The third-order valence-electron chi connectivity index (χ3n) is 5.14. The first kappa shape index (κ1) is 21.6. The number of carbonyl (C=O) groups is 2. The van der Waals surface area contributed by atoms with Gasteiger partial charge in [0.1, 0.15) is 11.7 Å². The van der Waals surface area contributed by atoms with Crippen LogP contribution in [-0.4, -0.2) is 42.2 Å². The third-order valence-corrected chi connectivity index (χ3v) is 5.14. The minimum Gasteiger partial charge on any atom is -0.465 e. The van der Waals surface area contributed by atoms with E-state index in [0.29, 0.717) is 24.2 Å². The standard InChI is InChI=1S/C23H19F3N2O4/c1-2-31-22(30)18-13-27-12-11-17-16-5-3-4-6-19(16)28(20(17)18)21(29)14-7-9-15(10-8-14)32-23(24,25)26/h3-10,13,18H,2,11-12H2,1H3. The van der Waals surface area contributed by atoms with E-state index in [1.807, 2.05) is 12.1 Å². The van der Waals surface area contributed by atoms with Crippen LogP contribution in [0.3, 0.4) is 0 Å². The summed E-state index contributed by atoms with van der Waals surface area (Å²) in [7, 11) is 0. The number of para-hydroxylation sites is 1. The van der Waals surface area contributed by atoms with Crippen molar-refractivity contribution in [1.82, 2.24) is 4.57 Å². The summed E-state index contributed by atoms with van der Waals surface area (Å²) in [5.74, 6) is -2.31. The highest BCUT2D eigenvalue weighted by Gasteiger charge is 2.33. The van der Waals surface area contributed by atoms with E-state index in [9.17, 15) is 22.8 Å². The highest BCUT2D eigenvalue weighted by atomic mass is 19.4. The molecule has 1 aromatic heterocycles. The Kier molecular flexibility index (Phi) is 5.73. The average Bonchev–Trinajstić information content (AvgIpc) is 2.91. The molecule has 4 rings (SSSR count). The van der Waals surface area contributed by atoms with Crippen LogP contribution in [0.5, 0.6) is 5.75 Å². The van der Waals surface area contributed by atoms with Gasteiger partial charge in [-0.25, -0.2) is 0 Å². The molecule has 0 aliphatic carbocycles. The van der Waals surface area contributed by atoms with E-state index in [2.05, 4.69) is 9.73 Å². The van der Waals surface area contributed by atoms with Crippen molar-refractivity contribution >= 4 is 29.0 Å². The van der Waals surface area contributed by atoms with Crippen molar-refractivity contribution in [3.63, 3.8) is 0 Å². The number of hydrogen-bond donors (Lipinski definition) is 0. The van der Waals surface area contributed by atoms with Crippen molar-refractivity contribution in [2.45, 2.75) is 25.6 Å². The topological polar surface area (TPSA) is 69.9 Å². The molecule has 1 unspecified atom stereocenters. The lowest BCUT2D eigenvalue weighted by molar-refractivity contribution is -0.274. The molecule has 0 radical (unpaired) electrons. The average molecular weight is 444 g/mol. The summed E-state index contributed by atoms with van der Waals surface area (Å²) < 4.78 is 47.9. The molecule has 0 N–H and O–H groups in total. The van der Waals surface area contributed by atoms with Gasteiger partial charge in [-0.3, -0.25) is 19.1 Å². The number of alkyl halides is 3. The number of benzene rings is 2. The molecule has 0 saturated carbocycles. The molecule has 0 saturated heterocycles. The van der Waals surface area contributed by atoms with Crippen LogP contribution in [0.15, 0.2) is 53.5 Å². The van der Waals surface area contributed by atoms with Gasteiger partial charge < -0.3 is 9.47 Å². The van der Waals surface area contributed by atoms with Crippen molar-refractivity contribution in [2.24, 2.45) is 4.99 Å². The summed E-state index contributed by atoms with van der Waals surface area (Å²) in [5, 5.41) is 0.813. The summed E-state index contributed by atoms with van der Waals surface area (Å²) in [5.41, 5.74) is 2.03. The number of aliphatic imine (C=N–C) groups is 1. The van der Waals surface area contributed by atoms with Gasteiger partial charge >= 0.3 is 12.3 Å². The van der Waals surface area contributed by atoms with Gasteiger partial charge in [0.25, 0.3) is 5.91 Å². The summed E-state index contributed by atoms with van der Waals surface area (Å²) in [4.78, 5) is 30.5. The fourth-order valence-corrected chi connectivity index (χ4v) is 3.89. The zero-order valence-corrected chi connectivity index (χ0v) is 17.1. The van der Waals surface area contributed by atoms with Gasteiger partial charge in [0.2, 0.25) is 0 Å². The van der Waals surface area contributed by atoms with Gasteiger partial charge in [0, 0.05) is 29.4 Å². The summed E-state index contributed by atoms with van der Waals surface area (Å²) in [6.07, 6.45) is -2.81. The molecule has 2 aromatic carbocycles. The second-order valence-corrected chi connectivity index (χ2v) is 7.13. The Bertz CT molecular complexity index is 1200. The van der Waals surface area contributed by atoms with Crippen LogP contribution in [0.4, 0.5) is 13.2 Å². The summed E-state index contributed by atoms with van der Waals surface area (Å²) in [6.45, 7) is 2.32. The molecule has 1 aliphatic heterocycles. The predicted octanol–water partition coefficient (Wildman–Crippen LogP) is 4.50. The Morgan fingerprint density at radius 1 is 1.12 bits per heavy atom. The van der Waals surface area contributed by atoms with E-state index < -0.39 is 29.9 Å². The number of nitrogens with zero attached hydrogens (tertiary/aromatic N) is 2. The minimum atomic E-state index is -4.83. The van der Waals surface area contributed by atoms with Crippen molar-refractivity contribution < 1.29 is 32.2 Å². The molecule has 0 amide bonds. The Hall–Kier alpha value is -3.62. The van der Waals surface area contributed by atoms with E-state index in [0.717, 1.165) is 23.1 Å². The molecule has 166 valence electrons. The fraction of sp³-hybridized carbons (Fsp3) is 0.261. The minimum absolute atomic E-state index is 0.145. The zero-order chi connectivity index (χ0) is 22.9. The van der Waals surface area contributed by atoms with Gasteiger partial charge in [-0.15, -0.1) is 13.2 Å². The molecule has 1 aliphatic rings. The first-order valence-electron chi connectivity index (χ1n) is 9.99. The number of esters is 1. The lowest BCUT2D eigenvalue weighted by Gasteiger charge is -2.16. The maximum Gasteiger partial charge on any atom is 0.573 e. The second-order valence-electron chi connectivity index (χ2n) is 7.13. The van der Waals surface area contributed by atoms with Crippen LogP contribution in [0, 0.1) is 0 Å². The van der Waals surface area contributed by atoms with Crippen molar-refractivity contribution in [3.8, 4) is 5.75 Å². The third kappa shape index (κ3) is 4.10. The molecule has 0 spiro atoms. The van der Waals surface area contributed by atoms with Gasteiger partial charge in [0.15, 0.2) is 0 Å². The number of ether oxygens (including phenoxy) is 2. The quantitative estimate of drug-likeness (QED) is 0.556. The molecule has 1 atom stereocenters. The van der Waals surface area contributed by atoms with Crippen LogP contribution >= 0.6 is 0 Å². The Morgan fingerprint density at radius 3 is 2.53 bits per heavy atom. The summed E-state index contributed by atoms with van der Waals surface area (Å²) in [6, 6.07) is 11.9. The normalized spacial score (nSPS) is 15.8. The van der Waals surface area contributed by atoms with Crippen LogP contribution in [0.25, 0.3) is 10.9 Å². The first-order valence-corrected chi connectivity index (χ1v) is 9.99. The first-order chi connectivity index (χ1) is 15.3. The highest BCUT2D eigenvalue weighted by Crippen LogP contribution is 2.34. The van der Waals surface area contributed by atoms with E-state index in [1.54, 1.807) is 19.1 Å². The number of halogens is 3. The molecular formula is C23H19F3N2O4. The van der Waals surface area contributed by atoms with Crippen LogP contribution in [-0.2, 0) is 16.0 Å².